The number of carbonyl (C=O) groups excluding carboxylic acids is 2. The molecule has 10 nitrogen and oxygen atoms in total. The minimum atomic E-state index is -4.85. The maximum Gasteiger partial charge on any atom is 0.267 e. The minimum absolute atomic E-state index is 0.133. The van der Waals surface area contributed by atoms with Gasteiger partial charge in [-0.25, -0.2) is 0 Å². The van der Waals surface area contributed by atoms with Crippen LogP contribution in [-0.2, 0) is 18.7 Å². The summed E-state index contributed by atoms with van der Waals surface area (Å²) in [7, 11) is -4.85. The highest BCUT2D eigenvalue weighted by molar-refractivity contribution is 7.44. The summed E-state index contributed by atoms with van der Waals surface area (Å²) >= 11 is 0. The monoisotopic (exact) mass is 493 g/mol. The lowest BCUT2D eigenvalue weighted by atomic mass is 10.1. The number of phosphoric acid groups is 1. The molecule has 1 unspecified atom stereocenters. The molecule has 0 fully saturated rings. The van der Waals surface area contributed by atoms with Gasteiger partial charge in [0, 0.05) is 22.2 Å². The van der Waals surface area contributed by atoms with E-state index in [1.54, 1.807) is 0 Å². The second-order valence-electron chi connectivity index (χ2n) is 12.0. The molecule has 0 heterocycles. The van der Waals surface area contributed by atoms with Crippen LogP contribution in [0, 0.1) is 0 Å². The average molecular weight is 494 g/mol. The molecule has 33 heavy (non-hydrogen) atoms. The molecule has 0 aromatic rings. The number of phosphoric ester groups is 1. The Labute approximate surface area is 199 Å². The maximum absolute atomic E-state index is 12.0. The van der Waals surface area contributed by atoms with Crippen LogP contribution < -0.4 is 26.2 Å². The molecule has 0 aromatic heterocycles. The van der Waals surface area contributed by atoms with Gasteiger partial charge in [-0.05, 0) is 83.1 Å². The molecule has 0 radical (unpaired) electrons. The third-order valence-corrected chi connectivity index (χ3v) is 3.59. The van der Waals surface area contributed by atoms with E-state index in [9.17, 15) is 19.0 Å². The second-order valence-corrected chi connectivity index (χ2v) is 13.2. The van der Waals surface area contributed by atoms with Crippen LogP contribution in [0.15, 0.2) is 12.3 Å². The zero-order chi connectivity index (χ0) is 27.1. The number of nitrogens with one attached hydrogen (secondary N) is 4. The summed E-state index contributed by atoms with van der Waals surface area (Å²) < 4.78 is 14.9. The van der Waals surface area contributed by atoms with Crippen molar-refractivity contribution >= 4 is 19.6 Å². The van der Waals surface area contributed by atoms with Crippen molar-refractivity contribution in [2.45, 2.75) is 111 Å². The van der Waals surface area contributed by atoms with E-state index in [0.29, 0.717) is 5.70 Å². The summed E-state index contributed by atoms with van der Waals surface area (Å²) in [6, 6.07) is -0.881. The first kappa shape index (κ1) is 33.7. The summed E-state index contributed by atoms with van der Waals surface area (Å²) in [6.07, 6.45) is 0. The SMILES string of the molecule is C=C(NC(C)(C)C)C(=O)NC(C)(C)C.CC(C)(C)NC(=O)[C@H](COP(=O)([O-])O)NC(C)(C)C. The van der Waals surface area contributed by atoms with Crippen LogP contribution in [0.4, 0.5) is 0 Å². The molecule has 0 bridgehead atoms. The van der Waals surface area contributed by atoms with Gasteiger partial charge in [0.2, 0.25) is 5.91 Å². The number of hydrogen-bond donors (Lipinski definition) is 5. The Morgan fingerprint density at radius 3 is 1.55 bits per heavy atom. The molecular formula is C22H46N4O6P-. The van der Waals surface area contributed by atoms with E-state index in [-0.39, 0.29) is 17.0 Å². The topological polar surface area (TPSA) is 152 Å². The van der Waals surface area contributed by atoms with E-state index in [4.69, 9.17) is 4.89 Å². The number of amides is 2. The Hall–Kier alpha value is -1.45. The Morgan fingerprint density at radius 2 is 1.24 bits per heavy atom. The van der Waals surface area contributed by atoms with E-state index in [1.807, 2.05) is 83.1 Å². The summed E-state index contributed by atoms with van der Waals surface area (Å²) in [6.45, 7) is 26.0. The molecule has 11 heteroatoms. The van der Waals surface area contributed by atoms with Gasteiger partial charge >= 0.3 is 0 Å². The standard InChI is InChI=1S/C11H25N2O5P.C11H22N2O/c1-10(2,3)12-8(7-18-19(15,16)17)9(14)13-11(4,5)6;1-8(12-10(2,3)4)9(14)13-11(5,6)7/h8,12H,7H2,1-6H3,(H,13,14)(H2,15,16,17);12H,1H2,2-7H3,(H,13,14)/p-1/t8-;/m0./s1. The lowest BCUT2D eigenvalue weighted by Crippen LogP contribution is -2.56. The summed E-state index contributed by atoms with van der Waals surface area (Å²) in [5, 5.41) is 11.5. The first-order chi connectivity index (χ1) is 14.2. The molecular weight excluding hydrogens is 447 g/mol. The maximum atomic E-state index is 12.0. The van der Waals surface area contributed by atoms with Gasteiger partial charge in [-0.2, -0.15) is 0 Å². The number of hydrogen-bond acceptors (Lipinski definition) is 7. The van der Waals surface area contributed by atoms with Gasteiger partial charge in [0.15, 0.2) is 0 Å². The molecule has 5 N–H and O–H groups in total. The first-order valence-electron chi connectivity index (χ1n) is 10.8. The quantitative estimate of drug-likeness (QED) is 0.267. The second kappa shape index (κ2) is 12.3. The summed E-state index contributed by atoms with van der Waals surface area (Å²) in [5.74, 6) is -0.539. The normalized spacial score (nSPS) is 15.3. The third-order valence-electron chi connectivity index (χ3n) is 3.11. The van der Waals surface area contributed by atoms with Gasteiger partial charge < -0.3 is 30.3 Å². The molecule has 2 atom stereocenters. The highest BCUT2D eigenvalue weighted by atomic mass is 31.2. The fourth-order valence-electron chi connectivity index (χ4n) is 2.26. The fraction of sp³-hybridized carbons (Fsp3) is 0.818. The lowest BCUT2D eigenvalue weighted by Gasteiger charge is -2.31. The predicted molar refractivity (Wildman–Crippen MR) is 130 cm³/mol. The van der Waals surface area contributed by atoms with E-state index in [2.05, 4.69) is 32.4 Å². The van der Waals surface area contributed by atoms with Crippen LogP contribution in [-0.4, -0.2) is 51.5 Å². The molecule has 0 rings (SSSR count). The van der Waals surface area contributed by atoms with Crippen LogP contribution in [0.1, 0.15) is 83.1 Å². The molecule has 2 amide bonds. The van der Waals surface area contributed by atoms with Crippen molar-refractivity contribution in [3.05, 3.63) is 12.3 Å². The highest BCUT2D eigenvalue weighted by Crippen LogP contribution is 2.30. The van der Waals surface area contributed by atoms with Crippen molar-refractivity contribution < 1.29 is 28.5 Å². The molecule has 0 saturated carbocycles. The highest BCUT2D eigenvalue weighted by Gasteiger charge is 2.27. The van der Waals surface area contributed by atoms with Gasteiger partial charge in [-0.3, -0.25) is 19.5 Å². The van der Waals surface area contributed by atoms with Crippen LogP contribution in [0.5, 0.6) is 0 Å². The van der Waals surface area contributed by atoms with E-state index < -0.39 is 37.5 Å². The van der Waals surface area contributed by atoms with Crippen LogP contribution >= 0.6 is 7.82 Å². The van der Waals surface area contributed by atoms with E-state index in [1.165, 1.54) is 0 Å². The Morgan fingerprint density at radius 1 is 0.848 bits per heavy atom. The van der Waals surface area contributed by atoms with Crippen molar-refractivity contribution in [1.29, 1.82) is 0 Å². The smallest absolute Gasteiger partial charge is 0.267 e. The fourth-order valence-corrected chi connectivity index (χ4v) is 2.59. The summed E-state index contributed by atoms with van der Waals surface area (Å²) in [5.41, 5.74) is -0.806. The zero-order valence-corrected chi connectivity index (χ0v) is 23.3. The molecule has 0 aromatic carbocycles. The minimum Gasteiger partial charge on any atom is -0.756 e. The van der Waals surface area contributed by atoms with Crippen LogP contribution in [0.3, 0.4) is 0 Å². The van der Waals surface area contributed by atoms with Crippen LogP contribution in [0.25, 0.3) is 0 Å². The number of rotatable bonds is 7. The van der Waals surface area contributed by atoms with E-state index >= 15 is 0 Å². The summed E-state index contributed by atoms with van der Waals surface area (Å²) in [4.78, 5) is 42.8. The van der Waals surface area contributed by atoms with Crippen LogP contribution in [0.2, 0.25) is 0 Å². The number of carbonyl (C=O) groups is 2. The largest absolute Gasteiger partial charge is 0.756 e. The molecule has 0 aliphatic carbocycles. The van der Waals surface area contributed by atoms with Crippen molar-refractivity contribution in [3.8, 4) is 0 Å². The Bertz CT molecular complexity index is 680. The third kappa shape index (κ3) is 23.5. The van der Waals surface area contributed by atoms with Crippen molar-refractivity contribution in [3.63, 3.8) is 0 Å². The van der Waals surface area contributed by atoms with Gasteiger partial charge in [0.1, 0.15) is 6.04 Å². The Kier molecular flexibility index (Phi) is 12.6. The first-order valence-corrected chi connectivity index (χ1v) is 12.3. The molecule has 0 aliphatic rings. The molecule has 0 aliphatic heterocycles. The van der Waals surface area contributed by atoms with E-state index in [0.717, 1.165) is 0 Å². The average Bonchev–Trinajstić information content (AvgIpc) is 2.44. The Balaban J connectivity index is 0. The lowest BCUT2D eigenvalue weighted by molar-refractivity contribution is -0.220. The van der Waals surface area contributed by atoms with Gasteiger partial charge in [-0.1, -0.05) is 6.58 Å². The van der Waals surface area contributed by atoms with Crippen molar-refractivity contribution in [2.75, 3.05) is 6.61 Å². The molecule has 0 spiro atoms. The van der Waals surface area contributed by atoms with Crippen molar-refractivity contribution in [1.82, 2.24) is 21.3 Å². The molecule has 0 saturated heterocycles. The van der Waals surface area contributed by atoms with Gasteiger partial charge in [-0.15, -0.1) is 0 Å². The zero-order valence-electron chi connectivity index (χ0n) is 22.4. The molecule has 196 valence electrons. The van der Waals surface area contributed by atoms with Gasteiger partial charge in [0.25, 0.3) is 13.7 Å². The van der Waals surface area contributed by atoms with Crippen molar-refractivity contribution in [2.24, 2.45) is 0 Å². The predicted octanol–water partition coefficient (Wildman–Crippen LogP) is 1.94. The van der Waals surface area contributed by atoms with Gasteiger partial charge in [0.05, 0.1) is 12.3 Å².